The number of hydrogen-bond acceptors (Lipinski definition) is 2. The lowest BCUT2D eigenvalue weighted by atomic mass is 10.3. The van der Waals surface area contributed by atoms with Gasteiger partial charge in [-0.15, -0.1) is 24.0 Å². The first-order chi connectivity index (χ1) is 5.68. The minimum absolute atomic E-state index is 0.835. The maximum absolute atomic E-state index is 5.90. The van der Waals surface area contributed by atoms with Gasteiger partial charge in [0.15, 0.2) is 0 Å². The van der Waals surface area contributed by atoms with Crippen LogP contribution in [-0.2, 0) is 0 Å². The molecule has 1 aromatic heterocycles. The van der Waals surface area contributed by atoms with E-state index >= 15 is 0 Å². The van der Waals surface area contributed by atoms with E-state index in [-0.39, 0.29) is 0 Å². The molecule has 0 saturated heterocycles. The fourth-order valence-corrected chi connectivity index (χ4v) is 3.19. The van der Waals surface area contributed by atoms with Gasteiger partial charge >= 0.3 is 0 Å². The molecule has 2 aromatic rings. The number of fused-ring (bicyclic) bond motifs is 1. The highest BCUT2D eigenvalue weighted by Crippen LogP contribution is 2.34. The molecule has 4 heteroatoms. The summed E-state index contributed by atoms with van der Waals surface area (Å²) in [7, 11) is 0. The Labute approximate surface area is 98.5 Å². The number of hydrogen-bond donors (Lipinski definition) is 1. The maximum atomic E-state index is 5.90. The molecule has 0 spiro atoms. The predicted octanol–water partition coefficient (Wildman–Crippen LogP) is 4.45. The second-order valence-corrected chi connectivity index (χ2v) is 5.64. The first-order valence-corrected chi connectivity index (χ1v) is 5.97. The largest absolute Gasteiger partial charge is 0.142 e. The van der Waals surface area contributed by atoms with Crippen molar-refractivity contribution in [2.24, 2.45) is 0 Å². The molecule has 0 atom stereocenters. The van der Waals surface area contributed by atoms with Crippen molar-refractivity contribution in [3.8, 4) is 0 Å². The van der Waals surface area contributed by atoms with Crippen molar-refractivity contribution in [3.63, 3.8) is 0 Å². The predicted molar refractivity (Wildman–Crippen MR) is 66.8 cm³/mol. The van der Waals surface area contributed by atoms with Gasteiger partial charge in [0.25, 0.3) is 0 Å². The molecule has 0 aliphatic carbocycles. The molecule has 0 nitrogen and oxygen atoms in total. The minimum atomic E-state index is 0.835. The highest BCUT2D eigenvalue weighted by Gasteiger charge is 2.05. The lowest BCUT2D eigenvalue weighted by molar-refractivity contribution is 1.48. The van der Waals surface area contributed by atoms with Gasteiger partial charge in [0.1, 0.15) is 0 Å². The Morgan fingerprint density at radius 3 is 2.92 bits per heavy atom. The third kappa shape index (κ3) is 1.47. The van der Waals surface area contributed by atoms with E-state index < -0.39 is 0 Å². The van der Waals surface area contributed by atoms with Gasteiger partial charge in [-0.1, -0.05) is 11.6 Å². The van der Waals surface area contributed by atoms with Crippen LogP contribution < -0.4 is 0 Å². The zero-order chi connectivity index (χ0) is 8.72. The Kier molecular flexibility index (Phi) is 2.56. The van der Waals surface area contributed by atoms with E-state index in [1.165, 1.54) is 13.7 Å². The van der Waals surface area contributed by atoms with Gasteiger partial charge in [-0.3, -0.25) is 0 Å². The van der Waals surface area contributed by atoms with Crippen molar-refractivity contribution >= 4 is 68.2 Å². The summed E-state index contributed by atoms with van der Waals surface area (Å²) < 4.78 is 3.24. The van der Waals surface area contributed by atoms with Crippen molar-refractivity contribution in [1.82, 2.24) is 0 Å². The molecule has 1 heterocycles. The summed E-state index contributed by atoms with van der Waals surface area (Å²) in [5.74, 6) is 0. The molecule has 0 bridgehead atoms. The molecule has 12 heavy (non-hydrogen) atoms. The lowest BCUT2D eigenvalue weighted by Gasteiger charge is -1.96. The SMILES string of the molecule is Sc1ccc2sc(Cl)cc2c1I. The molecule has 0 saturated carbocycles. The van der Waals surface area contributed by atoms with Gasteiger partial charge in [0.05, 0.1) is 4.34 Å². The van der Waals surface area contributed by atoms with Crippen LogP contribution in [0.15, 0.2) is 23.1 Å². The molecule has 0 N–H and O–H groups in total. The van der Waals surface area contributed by atoms with Crippen molar-refractivity contribution in [1.29, 1.82) is 0 Å². The minimum Gasteiger partial charge on any atom is -0.142 e. The second-order valence-electron chi connectivity index (χ2n) is 2.36. The van der Waals surface area contributed by atoms with Crippen molar-refractivity contribution in [3.05, 3.63) is 26.1 Å². The molecule has 0 unspecified atom stereocenters. The molecule has 0 amide bonds. The molecule has 0 aliphatic heterocycles. The average molecular weight is 327 g/mol. The fraction of sp³-hybridized carbons (Fsp3) is 0. The standard InChI is InChI=1S/C8H4ClIS2/c9-7-3-4-6(12-7)2-1-5(11)8(4)10/h1-3,11H. The summed E-state index contributed by atoms with van der Waals surface area (Å²) >= 11 is 14.1. The molecule has 0 aliphatic rings. The van der Waals surface area contributed by atoms with Crippen LogP contribution in [0.1, 0.15) is 0 Å². The highest BCUT2D eigenvalue weighted by atomic mass is 127. The van der Waals surface area contributed by atoms with Gasteiger partial charge in [-0.2, -0.15) is 0 Å². The maximum Gasteiger partial charge on any atom is 0.0941 e. The van der Waals surface area contributed by atoms with E-state index in [1.807, 2.05) is 12.1 Å². The van der Waals surface area contributed by atoms with E-state index in [9.17, 15) is 0 Å². The first kappa shape index (κ1) is 9.12. The zero-order valence-electron chi connectivity index (χ0n) is 5.84. The van der Waals surface area contributed by atoms with Crippen molar-refractivity contribution < 1.29 is 0 Å². The van der Waals surface area contributed by atoms with Crippen LogP contribution in [0.4, 0.5) is 0 Å². The summed E-state index contributed by atoms with van der Waals surface area (Å²) in [5, 5.41) is 1.21. The fourth-order valence-electron chi connectivity index (χ4n) is 1.04. The molecule has 0 radical (unpaired) electrons. The molecule has 1 aromatic carbocycles. The van der Waals surface area contributed by atoms with Crippen molar-refractivity contribution in [2.75, 3.05) is 0 Å². The van der Waals surface area contributed by atoms with Crippen LogP contribution >= 0.6 is 58.2 Å². The highest BCUT2D eigenvalue weighted by molar-refractivity contribution is 14.1. The Bertz CT molecular complexity index is 436. The van der Waals surface area contributed by atoms with E-state index in [1.54, 1.807) is 11.3 Å². The summed E-state index contributed by atoms with van der Waals surface area (Å²) in [4.78, 5) is 1.01. The summed E-state index contributed by atoms with van der Waals surface area (Å²) in [6.45, 7) is 0. The topological polar surface area (TPSA) is 0 Å². The van der Waals surface area contributed by atoms with Crippen LogP contribution in [0.5, 0.6) is 0 Å². The Morgan fingerprint density at radius 2 is 2.17 bits per heavy atom. The lowest BCUT2D eigenvalue weighted by Crippen LogP contribution is -1.74. The molecule has 2 rings (SSSR count). The Morgan fingerprint density at radius 1 is 1.42 bits per heavy atom. The van der Waals surface area contributed by atoms with Gasteiger partial charge in [0.2, 0.25) is 0 Å². The number of benzene rings is 1. The number of thiophene rings is 1. The third-order valence-electron chi connectivity index (χ3n) is 1.58. The molecule has 62 valence electrons. The quantitative estimate of drug-likeness (QED) is 0.537. The van der Waals surface area contributed by atoms with Gasteiger partial charge in [0, 0.05) is 18.6 Å². The molecule has 0 fully saturated rings. The first-order valence-electron chi connectivity index (χ1n) is 3.25. The molecular formula is C8H4ClIS2. The van der Waals surface area contributed by atoms with Crippen LogP contribution in [0, 0.1) is 3.57 Å². The summed E-state index contributed by atoms with van der Waals surface area (Å²) in [5.41, 5.74) is 0. The number of rotatable bonds is 0. The Hall–Kier alpha value is 0.550. The van der Waals surface area contributed by atoms with Crippen LogP contribution in [-0.4, -0.2) is 0 Å². The molecular weight excluding hydrogens is 323 g/mol. The van der Waals surface area contributed by atoms with Gasteiger partial charge < -0.3 is 0 Å². The van der Waals surface area contributed by atoms with Gasteiger partial charge in [-0.05, 0) is 40.8 Å². The van der Waals surface area contributed by atoms with E-state index in [2.05, 4.69) is 41.3 Å². The van der Waals surface area contributed by atoms with Crippen LogP contribution in [0.3, 0.4) is 0 Å². The van der Waals surface area contributed by atoms with Crippen LogP contribution in [0.25, 0.3) is 10.1 Å². The van der Waals surface area contributed by atoms with E-state index in [0.29, 0.717) is 0 Å². The van der Waals surface area contributed by atoms with E-state index in [0.717, 1.165) is 9.23 Å². The van der Waals surface area contributed by atoms with Gasteiger partial charge in [-0.25, -0.2) is 0 Å². The zero-order valence-corrected chi connectivity index (χ0v) is 10.5. The second kappa shape index (κ2) is 3.36. The Balaban J connectivity index is 2.89. The van der Waals surface area contributed by atoms with Crippen molar-refractivity contribution in [2.45, 2.75) is 4.90 Å². The monoisotopic (exact) mass is 326 g/mol. The van der Waals surface area contributed by atoms with Crippen LogP contribution in [0.2, 0.25) is 4.34 Å². The smallest absolute Gasteiger partial charge is 0.0941 e. The summed E-state index contributed by atoms with van der Waals surface area (Å²) in [6, 6.07) is 6.04. The normalized spacial score (nSPS) is 10.9. The average Bonchev–Trinajstić information content (AvgIpc) is 2.39. The third-order valence-corrected chi connectivity index (χ3v) is 4.78. The van der Waals surface area contributed by atoms with E-state index in [4.69, 9.17) is 11.6 Å². The number of halogens is 2. The summed E-state index contributed by atoms with van der Waals surface area (Å²) in [6.07, 6.45) is 0. The number of thiol groups is 1.